The molecule has 0 aliphatic carbocycles. The van der Waals surface area contributed by atoms with Crippen LogP contribution in [0.1, 0.15) is 25.8 Å². The average molecular weight is 298 g/mol. The Kier molecular flexibility index (Phi) is 4.36. The zero-order chi connectivity index (χ0) is 14.0. The summed E-state index contributed by atoms with van der Waals surface area (Å²) in [4.78, 5) is 2.32. The van der Waals surface area contributed by atoms with Gasteiger partial charge in [0.25, 0.3) is 0 Å². The summed E-state index contributed by atoms with van der Waals surface area (Å²) in [5.74, 6) is 0.696. The van der Waals surface area contributed by atoms with Crippen LogP contribution in [0.2, 0.25) is 0 Å². The summed E-state index contributed by atoms with van der Waals surface area (Å²) in [6.45, 7) is 6.30. The van der Waals surface area contributed by atoms with Crippen molar-refractivity contribution < 1.29 is 4.39 Å². The predicted molar refractivity (Wildman–Crippen MR) is 85.7 cm³/mol. The number of anilines is 1. The van der Waals surface area contributed by atoms with Gasteiger partial charge in [0.2, 0.25) is 0 Å². The molecule has 2 N–H and O–H groups in total. The van der Waals surface area contributed by atoms with E-state index in [-0.39, 0.29) is 15.6 Å². The maximum absolute atomic E-state index is 13.9. The third-order valence-electron chi connectivity index (χ3n) is 3.42. The molecule has 0 unspecified atom stereocenters. The van der Waals surface area contributed by atoms with Crippen LogP contribution in [0.4, 0.5) is 10.1 Å². The number of thioether (sulfide) groups is 1. The number of rotatable bonds is 2. The van der Waals surface area contributed by atoms with E-state index < -0.39 is 0 Å². The van der Waals surface area contributed by atoms with E-state index in [0.717, 1.165) is 31.0 Å². The van der Waals surface area contributed by atoms with Gasteiger partial charge in [-0.3, -0.25) is 0 Å². The number of thiocarbonyl (C=S) groups is 1. The molecule has 1 aromatic rings. The van der Waals surface area contributed by atoms with E-state index in [9.17, 15) is 4.39 Å². The van der Waals surface area contributed by atoms with Gasteiger partial charge in [0, 0.05) is 29.3 Å². The number of nitrogens with two attached hydrogens (primary N) is 1. The first kappa shape index (κ1) is 14.6. The quantitative estimate of drug-likeness (QED) is 0.849. The Morgan fingerprint density at radius 3 is 2.84 bits per heavy atom. The summed E-state index contributed by atoms with van der Waals surface area (Å²) in [6.07, 6.45) is 1.06. The summed E-state index contributed by atoms with van der Waals surface area (Å²) < 4.78 is 14.2. The molecule has 1 saturated heterocycles. The van der Waals surface area contributed by atoms with Crippen LogP contribution in [0.3, 0.4) is 0 Å². The van der Waals surface area contributed by atoms with Gasteiger partial charge in [0.1, 0.15) is 10.8 Å². The van der Waals surface area contributed by atoms with Crippen molar-refractivity contribution in [2.45, 2.75) is 25.0 Å². The van der Waals surface area contributed by atoms with Crippen LogP contribution < -0.4 is 10.6 Å². The summed E-state index contributed by atoms with van der Waals surface area (Å²) >= 11 is 6.95. The fourth-order valence-corrected chi connectivity index (χ4v) is 3.58. The molecule has 1 fully saturated rings. The van der Waals surface area contributed by atoms with E-state index in [1.165, 1.54) is 6.07 Å². The van der Waals surface area contributed by atoms with E-state index in [2.05, 4.69) is 18.7 Å². The molecular formula is C14H19FN2S2. The maximum atomic E-state index is 13.9. The molecule has 1 heterocycles. The largest absolute Gasteiger partial charge is 0.389 e. The average Bonchev–Trinajstić information content (AvgIpc) is 2.49. The van der Waals surface area contributed by atoms with Crippen molar-refractivity contribution in [1.29, 1.82) is 0 Å². The molecule has 0 aromatic heterocycles. The van der Waals surface area contributed by atoms with Gasteiger partial charge >= 0.3 is 0 Å². The minimum absolute atomic E-state index is 0.129. The SMILES string of the molecule is CC1(C)CCN(c2cccc(F)c2C(N)=S)CCS1. The Hall–Kier alpha value is -0.810. The lowest BCUT2D eigenvalue weighted by atomic mass is 10.1. The Labute approximate surface area is 123 Å². The molecule has 5 heteroatoms. The first-order valence-electron chi connectivity index (χ1n) is 6.38. The van der Waals surface area contributed by atoms with E-state index in [4.69, 9.17) is 18.0 Å². The van der Waals surface area contributed by atoms with Crippen molar-refractivity contribution in [3.8, 4) is 0 Å². The van der Waals surface area contributed by atoms with Crippen LogP contribution in [0, 0.1) is 5.82 Å². The van der Waals surface area contributed by atoms with Crippen molar-refractivity contribution in [2.24, 2.45) is 5.73 Å². The molecule has 1 aliphatic rings. The lowest BCUT2D eigenvalue weighted by molar-refractivity contribution is 0.619. The van der Waals surface area contributed by atoms with Crippen molar-refractivity contribution >= 4 is 34.7 Å². The topological polar surface area (TPSA) is 29.3 Å². The van der Waals surface area contributed by atoms with Crippen molar-refractivity contribution in [1.82, 2.24) is 0 Å². The molecule has 0 amide bonds. The number of hydrogen-bond acceptors (Lipinski definition) is 3. The van der Waals surface area contributed by atoms with Crippen molar-refractivity contribution in [3.05, 3.63) is 29.6 Å². The smallest absolute Gasteiger partial charge is 0.135 e. The highest BCUT2D eigenvalue weighted by molar-refractivity contribution is 8.00. The van der Waals surface area contributed by atoms with E-state index in [1.807, 2.05) is 17.8 Å². The lowest BCUT2D eigenvalue weighted by Crippen LogP contribution is -2.29. The third kappa shape index (κ3) is 3.39. The highest BCUT2D eigenvalue weighted by Crippen LogP contribution is 2.33. The van der Waals surface area contributed by atoms with Gasteiger partial charge < -0.3 is 10.6 Å². The van der Waals surface area contributed by atoms with Crippen molar-refractivity contribution in [3.63, 3.8) is 0 Å². The third-order valence-corrected chi connectivity index (χ3v) is 4.99. The Bertz CT molecular complexity index is 488. The van der Waals surface area contributed by atoms with Crippen LogP contribution in [0.25, 0.3) is 0 Å². The zero-order valence-corrected chi connectivity index (χ0v) is 12.9. The Morgan fingerprint density at radius 2 is 2.16 bits per heavy atom. The molecule has 1 aromatic carbocycles. The van der Waals surface area contributed by atoms with E-state index in [1.54, 1.807) is 6.07 Å². The second-order valence-corrected chi connectivity index (χ2v) is 7.59. The molecule has 104 valence electrons. The van der Waals surface area contributed by atoms with E-state index >= 15 is 0 Å². The highest BCUT2D eigenvalue weighted by Gasteiger charge is 2.25. The minimum Gasteiger partial charge on any atom is -0.389 e. The van der Waals surface area contributed by atoms with E-state index in [0.29, 0.717) is 5.56 Å². The van der Waals surface area contributed by atoms with Crippen LogP contribution in [-0.2, 0) is 0 Å². The monoisotopic (exact) mass is 298 g/mol. The minimum atomic E-state index is -0.332. The van der Waals surface area contributed by atoms with Crippen molar-refractivity contribution in [2.75, 3.05) is 23.7 Å². The van der Waals surface area contributed by atoms with Gasteiger partial charge in [-0.15, -0.1) is 0 Å². The summed E-state index contributed by atoms with van der Waals surface area (Å²) in [5.41, 5.74) is 6.88. The zero-order valence-electron chi connectivity index (χ0n) is 11.3. The first-order valence-corrected chi connectivity index (χ1v) is 7.77. The van der Waals surface area contributed by atoms with Crippen LogP contribution in [0.15, 0.2) is 18.2 Å². The molecule has 1 aliphatic heterocycles. The summed E-state index contributed by atoms with van der Waals surface area (Å²) in [6, 6.07) is 5.03. The fraction of sp³-hybridized carbons (Fsp3) is 0.500. The summed E-state index contributed by atoms with van der Waals surface area (Å²) in [7, 11) is 0. The molecular weight excluding hydrogens is 279 g/mol. The second-order valence-electron chi connectivity index (χ2n) is 5.34. The first-order chi connectivity index (χ1) is 8.91. The standard InChI is InChI=1S/C14H19FN2S2/c1-14(2)6-7-17(8-9-19-14)11-5-3-4-10(15)12(11)13(16)18/h3-5H,6-9H2,1-2H3,(H2,16,18). The highest BCUT2D eigenvalue weighted by atomic mass is 32.2. The van der Waals surface area contributed by atoms with Gasteiger partial charge in [-0.1, -0.05) is 32.1 Å². The number of hydrogen-bond donors (Lipinski definition) is 1. The maximum Gasteiger partial charge on any atom is 0.135 e. The lowest BCUT2D eigenvalue weighted by Gasteiger charge is -2.26. The van der Waals surface area contributed by atoms with Gasteiger partial charge in [0.05, 0.1) is 5.56 Å². The molecule has 0 spiro atoms. The van der Waals surface area contributed by atoms with Gasteiger partial charge in [-0.2, -0.15) is 11.8 Å². The molecule has 19 heavy (non-hydrogen) atoms. The Balaban J connectivity index is 2.32. The fourth-order valence-electron chi connectivity index (χ4n) is 2.28. The molecule has 0 atom stereocenters. The molecule has 0 saturated carbocycles. The number of halogens is 1. The predicted octanol–water partition coefficient (Wildman–Crippen LogP) is 3.18. The van der Waals surface area contributed by atoms with Gasteiger partial charge in [0.15, 0.2) is 0 Å². The van der Waals surface area contributed by atoms with Crippen LogP contribution in [-0.4, -0.2) is 28.6 Å². The second kappa shape index (κ2) is 5.67. The summed E-state index contributed by atoms with van der Waals surface area (Å²) in [5, 5.41) is 0. The number of nitrogens with zero attached hydrogens (tertiary/aromatic N) is 1. The molecule has 0 radical (unpaired) electrons. The Morgan fingerprint density at radius 1 is 1.42 bits per heavy atom. The molecule has 0 bridgehead atoms. The van der Waals surface area contributed by atoms with Gasteiger partial charge in [-0.05, 0) is 18.6 Å². The van der Waals surface area contributed by atoms with Crippen LogP contribution in [0.5, 0.6) is 0 Å². The normalized spacial score (nSPS) is 19.0. The number of benzene rings is 1. The molecule has 2 rings (SSSR count). The molecule has 2 nitrogen and oxygen atoms in total. The van der Waals surface area contributed by atoms with Gasteiger partial charge in [-0.25, -0.2) is 4.39 Å². The van der Waals surface area contributed by atoms with Crippen LogP contribution >= 0.6 is 24.0 Å².